The van der Waals surface area contributed by atoms with Crippen LogP contribution in [0.4, 0.5) is 13.2 Å². The maximum atomic E-state index is 12.7. The predicted molar refractivity (Wildman–Crippen MR) is 98.2 cm³/mol. The Bertz CT molecular complexity index is 925. The molecule has 0 saturated heterocycles. The van der Waals surface area contributed by atoms with Gasteiger partial charge in [-0.1, -0.05) is 12.1 Å². The molecule has 2 rings (SSSR count). The van der Waals surface area contributed by atoms with Gasteiger partial charge in [0, 0.05) is 12.0 Å². The Kier molecular flexibility index (Phi) is 7.40. The van der Waals surface area contributed by atoms with Crippen molar-refractivity contribution in [3.8, 4) is 11.5 Å². The Morgan fingerprint density at radius 2 is 1.70 bits per heavy atom. The van der Waals surface area contributed by atoms with E-state index in [0.717, 1.165) is 12.1 Å². The van der Waals surface area contributed by atoms with Gasteiger partial charge < -0.3 is 19.9 Å². The molecule has 0 aliphatic carbocycles. The summed E-state index contributed by atoms with van der Waals surface area (Å²) < 4.78 is 50.6. The van der Waals surface area contributed by atoms with Gasteiger partial charge in [0.25, 0.3) is 0 Å². The van der Waals surface area contributed by atoms with Gasteiger partial charge in [0.15, 0.2) is 12.4 Å². The summed E-state index contributed by atoms with van der Waals surface area (Å²) >= 11 is 0. The van der Waals surface area contributed by atoms with Crippen molar-refractivity contribution < 1.29 is 41.8 Å². The molecule has 0 aliphatic rings. The van der Waals surface area contributed by atoms with Gasteiger partial charge in [-0.2, -0.15) is 0 Å². The number of esters is 1. The number of alkyl halides is 3. The van der Waals surface area contributed by atoms with Crippen molar-refractivity contribution in [2.45, 2.75) is 19.7 Å². The number of Topliss-reactive ketones (excluding diaryl/α,β-unsaturated/α-hetero) is 1. The van der Waals surface area contributed by atoms with Crippen LogP contribution >= 0.6 is 0 Å². The van der Waals surface area contributed by atoms with Gasteiger partial charge in [-0.05, 0) is 42.8 Å². The number of hydrogen-bond donors (Lipinski definition) is 1. The maximum Gasteiger partial charge on any atom is 0.573 e. The van der Waals surface area contributed by atoms with Crippen molar-refractivity contribution in [1.29, 1.82) is 0 Å². The third-order valence-electron chi connectivity index (χ3n) is 3.74. The lowest BCUT2D eigenvalue weighted by Crippen LogP contribution is -2.18. The molecular weight excluding hydrogens is 407 g/mol. The number of benzene rings is 2. The van der Waals surface area contributed by atoms with Gasteiger partial charge in [-0.3, -0.25) is 9.59 Å². The van der Waals surface area contributed by atoms with Crippen molar-refractivity contribution >= 4 is 17.7 Å². The van der Waals surface area contributed by atoms with Crippen LogP contribution in [-0.4, -0.2) is 37.2 Å². The first-order valence-corrected chi connectivity index (χ1v) is 8.69. The molecule has 0 aliphatic heterocycles. The topological polar surface area (TPSA) is 105 Å². The summed E-state index contributed by atoms with van der Waals surface area (Å²) in [5, 5.41) is 0. The molecule has 0 spiro atoms. The predicted octanol–water partition coefficient (Wildman–Crippen LogP) is 3.05. The average Bonchev–Trinajstić information content (AvgIpc) is 2.66. The van der Waals surface area contributed by atoms with Gasteiger partial charge in [0.1, 0.15) is 11.5 Å². The van der Waals surface area contributed by atoms with Gasteiger partial charge in [-0.25, -0.2) is 4.79 Å². The zero-order chi connectivity index (χ0) is 22.3. The summed E-state index contributed by atoms with van der Waals surface area (Å²) in [5.41, 5.74) is 5.69. The van der Waals surface area contributed by atoms with Crippen LogP contribution in [0.3, 0.4) is 0 Å². The Morgan fingerprint density at radius 3 is 2.27 bits per heavy atom. The molecule has 2 aromatic rings. The van der Waals surface area contributed by atoms with Gasteiger partial charge >= 0.3 is 12.3 Å². The number of halogens is 3. The molecule has 2 aromatic carbocycles. The second-order valence-electron chi connectivity index (χ2n) is 5.96. The van der Waals surface area contributed by atoms with Gasteiger partial charge in [-0.15, -0.1) is 13.2 Å². The largest absolute Gasteiger partial charge is 0.573 e. The number of rotatable bonds is 9. The number of nitrogens with two attached hydrogens (primary N) is 1. The molecule has 0 bridgehead atoms. The van der Waals surface area contributed by atoms with E-state index in [4.69, 9.17) is 15.2 Å². The highest BCUT2D eigenvalue weighted by atomic mass is 19.4. The lowest BCUT2D eigenvalue weighted by molar-refractivity contribution is -0.274. The van der Waals surface area contributed by atoms with Crippen molar-refractivity contribution in [2.75, 3.05) is 13.2 Å². The maximum absolute atomic E-state index is 12.7. The van der Waals surface area contributed by atoms with Crippen molar-refractivity contribution in [1.82, 2.24) is 0 Å². The lowest BCUT2D eigenvalue weighted by atomic mass is 10.00. The molecule has 7 nitrogen and oxygen atoms in total. The minimum Gasteiger partial charge on any atom is -0.481 e. The van der Waals surface area contributed by atoms with Gasteiger partial charge in [0.2, 0.25) is 5.91 Å². The molecule has 0 heterocycles. The number of hydrogen-bond acceptors (Lipinski definition) is 6. The van der Waals surface area contributed by atoms with Crippen LogP contribution in [0, 0.1) is 0 Å². The fourth-order valence-electron chi connectivity index (χ4n) is 2.46. The lowest BCUT2D eigenvalue weighted by Gasteiger charge is -2.12. The summed E-state index contributed by atoms with van der Waals surface area (Å²) in [7, 11) is 0. The highest BCUT2D eigenvalue weighted by Gasteiger charge is 2.31. The zero-order valence-corrected chi connectivity index (χ0v) is 15.8. The van der Waals surface area contributed by atoms with E-state index in [0.29, 0.717) is 5.56 Å². The zero-order valence-electron chi connectivity index (χ0n) is 15.8. The minimum absolute atomic E-state index is 0.00813. The summed E-state index contributed by atoms with van der Waals surface area (Å²) in [6, 6.07) is 8.65. The molecule has 30 heavy (non-hydrogen) atoms. The first-order valence-electron chi connectivity index (χ1n) is 8.69. The Morgan fingerprint density at radius 1 is 1.03 bits per heavy atom. The molecular formula is C20H18F3NO6. The second-order valence-corrected chi connectivity index (χ2v) is 5.96. The van der Waals surface area contributed by atoms with E-state index >= 15 is 0 Å². The first kappa shape index (κ1) is 22.7. The van der Waals surface area contributed by atoms with E-state index in [1.165, 1.54) is 30.3 Å². The van der Waals surface area contributed by atoms with Crippen molar-refractivity contribution in [3.05, 3.63) is 59.2 Å². The number of carbonyl (C=O) groups is 3. The van der Waals surface area contributed by atoms with Crippen LogP contribution in [0.15, 0.2) is 42.5 Å². The fraction of sp³-hybridized carbons (Fsp3) is 0.250. The highest BCUT2D eigenvalue weighted by molar-refractivity contribution is 6.03. The number of ether oxygens (including phenoxy) is 3. The molecule has 1 amide bonds. The molecule has 160 valence electrons. The number of carbonyl (C=O) groups excluding carboxylic acids is 3. The third kappa shape index (κ3) is 6.80. The normalized spacial score (nSPS) is 10.9. The van der Waals surface area contributed by atoms with E-state index in [1.807, 2.05) is 0 Å². The van der Waals surface area contributed by atoms with Crippen LogP contribution in [0.5, 0.6) is 11.5 Å². The monoisotopic (exact) mass is 425 g/mol. The van der Waals surface area contributed by atoms with E-state index in [9.17, 15) is 27.6 Å². The number of primary amides is 1. The minimum atomic E-state index is -4.82. The van der Waals surface area contributed by atoms with Gasteiger partial charge in [0.05, 0.1) is 12.2 Å². The first-order chi connectivity index (χ1) is 14.1. The molecule has 0 unspecified atom stereocenters. The fourth-order valence-corrected chi connectivity index (χ4v) is 2.46. The van der Waals surface area contributed by atoms with E-state index in [-0.39, 0.29) is 29.9 Å². The summed E-state index contributed by atoms with van der Waals surface area (Å²) in [6.07, 6.45) is -5.03. The van der Waals surface area contributed by atoms with Crippen LogP contribution < -0.4 is 15.2 Å². The molecule has 0 aromatic heterocycles. The molecule has 0 radical (unpaired) electrons. The highest BCUT2D eigenvalue weighted by Crippen LogP contribution is 2.25. The summed E-state index contributed by atoms with van der Waals surface area (Å²) in [4.78, 5) is 35.7. The molecule has 0 saturated carbocycles. The Balaban J connectivity index is 2.20. The quantitative estimate of drug-likeness (QED) is 0.489. The number of ketones is 1. The second kappa shape index (κ2) is 9.77. The van der Waals surface area contributed by atoms with Crippen molar-refractivity contribution in [3.63, 3.8) is 0 Å². The van der Waals surface area contributed by atoms with Crippen LogP contribution in [0.2, 0.25) is 0 Å². The van der Waals surface area contributed by atoms with Crippen LogP contribution in [0.25, 0.3) is 0 Å². The molecule has 2 N–H and O–H groups in total. The molecule has 0 atom stereocenters. The SMILES string of the molecule is CCOC(=O)COc1ccc(C(N)=O)cc1C(=O)Cc1ccc(OC(F)(F)F)cc1. The summed E-state index contributed by atoms with van der Waals surface area (Å²) in [6.45, 7) is 1.33. The Labute approximate surface area is 169 Å². The average molecular weight is 425 g/mol. The van der Waals surface area contributed by atoms with E-state index < -0.39 is 36.4 Å². The summed E-state index contributed by atoms with van der Waals surface area (Å²) in [5.74, 6) is -2.30. The van der Waals surface area contributed by atoms with Crippen LogP contribution in [0.1, 0.15) is 33.2 Å². The molecule has 0 fully saturated rings. The van der Waals surface area contributed by atoms with Crippen molar-refractivity contribution in [2.24, 2.45) is 5.73 Å². The van der Waals surface area contributed by atoms with Crippen LogP contribution in [-0.2, 0) is 16.0 Å². The smallest absolute Gasteiger partial charge is 0.481 e. The molecule has 10 heteroatoms. The Hall–Kier alpha value is -3.56. The standard InChI is InChI=1S/C20H18F3NO6/c1-2-28-18(26)11-29-17-8-5-13(19(24)27)10-15(17)16(25)9-12-3-6-14(7-4-12)30-20(21,22)23/h3-8,10H,2,9,11H2,1H3,(H2,24,27). The van der Waals surface area contributed by atoms with E-state index in [2.05, 4.69) is 4.74 Å². The third-order valence-corrected chi connectivity index (χ3v) is 3.74. The van der Waals surface area contributed by atoms with E-state index in [1.54, 1.807) is 6.92 Å². The number of amides is 1.